The van der Waals surface area contributed by atoms with E-state index in [9.17, 15) is 0 Å². The highest BCUT2D eigenvalue weighted by atomic mass is 79.9. The van der Waals surface area contributed by atoms with E-state index in [-0.39, 0.29) is 0 Å². The number of alkyl halides is 1. The number of methoxy groups -OCH3 is 2. The first-order chi connectivity index (χ1) is 8.13. The average Bonchev–Trinajstić information content (AvgIpc) is 2.34. The zero-order valence-electron chi connectivity index (χ0n) is 10.8. The quantitative estimate of drug-likeness (QED) is 0.761. The van der Waals surface area contributed by atoms with Crippen molar-refractivity contribution < 1.29 is 9.47 Å². The van der Waals surface area contributed by atoms with Crippen molar-refractivity contribution >= 4 is 22.0 Å². The lowest BCUT2D eigenvalue weighted by molar-refractivity contribution is 0.354. The SMILES string of the molecule is COc1cccc(C=C(CBr)C(C)C)c1OC. The number of ether oxygens (including phenoxy) is 2. The Bertz CT molecular complexity index is 397. The Morgan fingerprint density at radius 1 is 1.29 bits per heavy atom. The molecule has 1 aromatic carbocycles. The lowest BCUT2D eigenvalue weighted by Crippen LogP contribution is -1.97. The summed E-state index contributed by atoms with van der Waals surface area (Å²) in [4.78, 5) is 0. The van der Waals surface area contributed by atoms with Gasteiger partial charge in [-0.25, -0.2) is 0 Å². The van der Waals surface area contributed by atoms with Crippen LogP contribution in [0.15, 0.2) is 23.8 Å². The van der Waals surface area contributed by atoms with E-state index in [1.165, 1.54) is 5.57 Å². The topological polar surface area (TPSA) is 18.5 Å². The molecule has 3 heteroatoms. The standard InChI is InChI=1S/C14H19BrO2/c1-10(2)12(9-15)8-11-6-5-7-13(16-3)14(11)17-4/h5-8,10H,9H2,1-4H3. The molecule has 0 unspecified atom stereocenters. The summed E-state index contributed by atoms with van der Waals surface area (Å²) in [7, 11) is 3.32. The van der Waals surface area contributed by atoms with E-state index in [2.05, 4.69) is 35.9 Å². The summed E-state index contributed by atoms with van der Waals surface area (Å²) in [6.07, 6.45) is 2.15. The molecule has 0 fully saturated rings. The van der Waals surface area contributed by atoms with Gasteiger partial charge >= 0.3 is 0 Å². The van der Waals surface area contributed by atoms with Crippen molar-refractivity contribution in [2.75, 3.05) is 19.5 Å². The molecule has 0 saturated heterocycles. The molecule has 0 spiro atoms. The number of benzene rings is 1. The van der Waals surface area contributed by atoms with E-state index in [4.69, 9.17) is 9.47 Å². The van der Waals surface area contributed by atoms with Crippen molar-refractivity contribution in [3.05, 3.63) is 29.3 Å². The maximum atomic E-state index is 5.41. The molecule has 0 aliphatic heterocycles. The average molecular weight is 299 g/mol. The van der Waals surface area contributed by atoms with E-state index < -0.39 is 0 Å². The zero-order chi connectivity index (χ0) is 12.8. The van der Waals surface area contributed by atoms with Gasteiger partial charge in [0.2, 0.25) is 0 Å². The maximum Gasteiger partial charge on any atom is 0.167 e. The highest BCUT2D eigenvalue weighted by molar-refractivity contribution is 9.09. The Kier molecular flexibility index (Phi) is 5.56. The first kappa shape index (κ1) is 14.1. The summed E-state index contributed by atoms with van der Waals surface area (Å²) in [5, 5.41) is 0.866. The monoisotopic (exact) mass is 298 g/mol. The van der Waals surface area contributed by atoms with Crippen LogP contribution in [0.4, 0.5) is 0 Å². The fourth-order valence-corrected chi connectivity index (χ4v) is 2.39. The van der Waals surface area contributed by atoms with Crippen LogP contribution >= 0.6 is 15.9 Å². The molecule has 0 aromatic heterocycles. The Hall–Kier alpha value is -0.960. The van der Waals surface area contributed by atoms with Crippen molar-refractivity contribution in [1.29, 1.82) is 0 Å². The molecule has 0 radical (unpaired) electrons. The Morgan fingerprint density at radius 2 is 2.00 bits per heavy atom. The third-order valence-electron chi connectivity index (χ3n) is 2.67. The first-order valence-corrected chi connectivity index (χ1v) is 6.73. The van der Waals surface area contributed by atoms with Gasteiger partial charge in [0.1, 0.15) is 0 Å². The van der Waals surface area contributed by atoms with Gasteiger partial charge in [0, 0.05) is 10.9 Å². The van der Waals surface area contributed by atoms with E-state index in [0.717, 1.165) is 22.4 Å². The lowest BCUT2D eigenvalue weighted by atomic mass is 10.0. The molecule has 17 heavy (non-hydrogen) atoms. The molecule has 0 saturated carbocycles. The van der Waals surface area contributed by atoms with E-state index >= 15 is 0 Å². The third-order valence-corrected chi connectivity index (χ3v) is 3.32. The van der Waals surface area contributed by atoms with Crippen LogP contribution < -0.4 is 9.47 Å². The van der Waals surface area contributed by atoms with Crippen molar-refractivity contribution in [3.63, 3.8) is 0 Å². The molecule has 1 aromatic rings. The van der Waals surface area contributed by atoms with Gasteiger partial charge in [0.15, 0.2) is 11.5 Å². The van der Waals surface area contributed by atoms with E-state index in [0.29, 0.717) is 5.92 Å². The minimum atomic E-state index is 0.505. The summed E-state index contributed by atoms with van der Waals surface area (Å²) < 4.78 is 10.7. The molecule has 0 heterocycles. The lowest BCUT2D eigenvalue weighted by Gasteiger charge is -2.13. The van der Waals surface area contributed by atoms with Gasteiger partial charge in [0.05, 0.1) is 14.2 Å². The third kappa shape index (κ3) is 3.50. The summed E-state index contributed by atoms with van der Waals surface area (Å²) in [5.41, 5.74) is 2.38. The van der Waals surface area contributed by atoms with Crippen LogP contribution in [0.1, 0.15) is 19.4 Å². The van der Waals surface area contributed by atoms with Crippen molar-refractivity contribution in [2.45, 2.75) is 13.8 Å². The largest absolute Gasteiger partial charge is 0.493 e. The summed E-state index contributed by atoms with van der Waals surface area (Å²) in [6, 6.07) is 5.91. The normalized spacial score (nSPS) is 11.8. The maximum absolute atomic E-state index is 5.41. The molecule has 0 aliphatic carbocycles. The predicted octanol–water partition coefficient (Wildman–Crippen LogP) is 4.14. The molecular formula is C14H19BrO2. The summed E-state index contributed by atoms with van der Waals surface area (Å²) >= 11 is 3.52. The smallest absolute Gasteiger partial charge is 0.167 e. The fraction of sp³-hybridized carbons (Fsp3) is 0.429. The second-order valence-electron chi connectivity index (χ2n) is 4.09. The zero-order valence-corrected chi connectivity index (χ0v) is 12.4. The number of hydrogen-bond acceptors (Lipinski definition) is 2. The fourth-order valence-electron chi connectivity index (χ4n) is 1.58. The van der Waals surface area contributed by atoms with Gasteiger partial charge < -0.3 is 9.47 Å². The second-order valence-corrected chi connectivity index (χ2v) is 4.65. The van der Waals surface area contributed by atoms with Crippen molar-refractivity contribution in [3.8, 4) is 11.5 Å². The van der Waals surface area contributed by atoms with Gasteiger partial charge in [-0.3, -0.25) is 0 Å². The summed E-state index contributed by atoms with van der Waals surface area (Å²) in [6.45, 7) is 4.36. The van der Waals surface area contributed by atoms with Crippen molar-refractivity contribution in [1.82, 2.24) is 0 Å². The number of rotatable bonds is 5. The highest BCUT2D eigenvalue weighted by Gasteiger charge is 2.09. The molecule has 0 bridgehead atoms. The molecule has 94 valence electrons. The number of halogens is 1. The van der Waals surface area contributed by atoms with Crippen LogP contribution in [0.25, 0.3) is 6.08 Å². The van der Waals surface area contributed by atoms with Crippen LogP contribution in [-0.4, -0.2) is 19.5 Å². The minimum absolute atomic E-state index is 0.505. The summed E-state index contributed by atoms with van der Waals surface area (Å²) in [5.74, 6) is 2.05. The van der Waals surface area contributed by atoms with Crippen LogP contribution in [0, 0.1) is 5.92 Å². The number of hydrogen-bond donors (Lipinski definition) is 0. The Balaban J connectivity index is 3.21. The second kappa shape index (κ2) is 6.70. The van der Waals surface area contributed by atoms with E-state index in [1.54, 1.807) is 14.2 Å². The molecular weight excluding hydrogens is 280 g/mol. The van der Waals surface area contributed by atoms with E-state index in [1.807, 2.05) is 18.2 Å². The van der Waals surface area contributed by atoms with Gasteiger partial charge in [-0.05, 0) is 12.0 Å². The predicted molar refractivity (Wildman–Crippen MR) is 76.2 cm³/mol. The number of allylic oxidation sites excluding steroid dienone is 1. The van der Waals surface area contributed by atoms with Gasteiger partial charge in [-0.2, -0.15) is 0 Å². The highest BCUT2D eigenvalue weighted by Crippen LogP contribution is 2.33. The van der Waals surface area contributed by atoms with Crippen molar-refractivity contribution in [2.24, 2.45) is 5.92 Å². The minimum Gasteiger partial charge on any atom is -0.493 e. The van der Waals surface area contributed by atoms with Crippen LogP contribution in [0.2, 0.25) is 0 Å². The molecule has 1 rings (SSSR count). The van der Waals surface area contributed by atoms with Crippen LogP contribution in [-0.2, 0) is 0 Å². The number of para-hydroxylation sites is 1. The first-order valence-electron chi connectivity index (χ1n) is 5.61. The Morgan fingerprint density at radius 3 is 2.47 bits per heavy atom. The molecule has 2 nitrogen and oxygen atoms in total. The van der Waals surface area contributed by atoms with Crippen LogP contribution in [0.3, 0.4) is 0 Å². The molecule has 0 amide bonds. The van der Waals surface area contributed by atoms with Crippen LogP contribution in [0.5, 0.6) is 11.5 Å². The molecule has 0 aliphatic rings. The molecule has 0 atom stereocenters. The molecule has 0 N–H and O–H groups in total. The van der Waals surface area contributed by atoms with Gasteiger partial charge in [-0.15, -0.1) is 0 Å². The van der Waals surface area contributed by atoms with Gasteiger partial charge in [-0.1, -0.05) is 53.6 Å². The van der Waals surface area contributed by atoms with Gasteiger partial charge in [0.25, 0.3) is 0 Å². The Labute approximate surface area is 112 Å².